The molecule has 0 aliphatic rings. The average molecular weight is 964 g/mol. The van der Waals surface area contributed by atoms with Gasteiger partial charge in [-0.25, -0.2) is 4.57 Å². The van der Waals surface area contributed by atoms with E-state index < -0.39 is 26.5 Å². The number of phosphoric ester groups is 1. The Morgan fingerprint density at radius 2 is 0.776 bits per heavy atom. The fraction of sp³-hybridized carbons (Fsp3) is 0.825. The Morgan fingerprint density at radius 3 is 1.18 bits per heavy atom. The quantitative estimate of drug-likeness (QED) is 0.0264. The SMILES string of the molecule is CCCCCC/C=C\CCCCCCCC(=O)OCC(COP(=O)(O)OCCN)OC(=O)CCCCCCCCCCCCCCCCCCCC/C=C\C/C=C\C/C=C\CCCCCCC. The van der Waals surface area contributed by atoms with Crippen LogP contribution in [0, 0.1) is 0 Å². The first-order valence-corrected chi connectivity index (χ1v) is 29.6. The number of carbonyl (C=O) groups is 2. The van der Waals surface area contributed by atoms with Gasteiger partial charge in [-0.15, -0.1) is 0 Å². The van der Waals surface area contributed by atoms with Gasteiger partial charge < -0.3 is 20.1 Å². The van der Waals surface area contributed by atoms with Crippen LogP contribution in [-0.4, -0.2) is 49.3 Å². The van der Waals surface area contributed by atoms with Gasteiger partial charge in [-0.2, -0.15) is 0 Å². The second-order valence-electron chi connectivity index (χ2n) is 18.8. The van der Waals surface area contributed by atoms with E-state index in [0.29, 0.717) is 6.42 Å². The van der Waals surface area contributed by atoms with Gasteiger partial charge in [0, 0.05) is 19.4 Å². The maximum atomic E-state index is 12.7. The Balaban J connectivity index is 3.86. The summed E-state index contributed by atoms with van der Waals surface area (Å²) in [5.74, 6) is -0.830. The zero-order valence-corrected chi connectivity index (χ0v) is 44.5. The number of rotatable bonds is 53. The van der Waals surface area contributed by atoms with Crippen molar-refractivity contribution in [2.45, 2.75) is 277 Å². The molecule has 10 heteroatoms. The molecule has 392 valence electrons. The van der Waals surface area contributed by atoms with E-state index in [9.17, 15) is 19.0 Å². The normalized spacial score (nSPS) is 13.4. The topological polar surface area (TPSA) is 134 Å². The lowest BCUT2D eigenvalue weighted by Crippen LogP contribution is -2.29. The molecule has 2 unspecified atom stereocenters. The van der Waals surface area contributed by atoms with Crippen molar-refractivity contribution in [3.05, 3.63) is 48.6 Å². The van der Waals surface area contributed by atoms with E-state index in [4.69, 9.17) is 24.3 Å². The Hall–Kier alpha value is -2.03. The van der Waals surface area contributed by atoms with Gasteiger partial charge in [0.25, 0.3) is 0 Å². The molecule has 0 rings (SSSR count). The Bertz CT molecular complexity index is 1240. The van der Waals surface area contributed by atoms with Crippen molar-refractivity contribution >= 4 is 19.8 Å². The molecule has 0 fully saturated rings. The fourth-order valence-corrected chi connectivity index (χ4v) is 8.76. The number of esters is 2. The largest absolute Gasteiger partial charge is 0.472 e. The van der Waals surface area contributed by atoms with E-state index in [1.807, 2.05) is 0 Å². The molecule has 0 saturated heterocycles. The van der Waals surface area contributed by atoms with Crippen LogP contribution in [-0.2, 0) is 32.7 Å². The fourth-order valence-electron chi connectivity index (χ4n) is 7.99. The van der Waals surface area contributed by atoms with Crippen molar-refractivity contribution in [3.8, 4) is 0 Å². The number of allylic oxidation sites excluding steroid dienone is 8. The van der Waals surface area contributed by atoms with Crippen LogP contribution < -0.4 is 5.73 Å². The molecule has 2 atom stereocenters. The number of phosphoric acid groups is 1. The van der Waals surface area contributed by atoms with Crippen molar-refractivity contribution < 1.29 is 37.6 Å². The molecule has 0 heterocycles. The molecular formula is C57H106NO8P. The molecular weight excluding hydrogens is 858 g/mol. The number of carbonyl (C=O) groups excluding carboxylic acids is 2. The number of nitrogens with two attached hydrogens (primary N) is 1. The summed E-state index contributed by atoms with van der Waals surface area (Å²) in [5.41, 5.74) is 5.37. The van der Waals surface area contributed by atoms with Crippen molar-refractivity contribution in [1.82, 2.24) is 0 Å². The van der Waals surface area contributed by atoms with E-state index in [1.165, 1.54) is 173 Å². The van der Waals surface area contributed by atoms with Gasteiger partial charge in [-0.05, 0) is 77.0 Å². The third kappa shape index (κ3) is 53.2. The summed E-state index contributed by atoms with van der Waals surface area (Å²) < 4.78 is 32.9. The first kappa shape index (κ1) is 65.0. The summed E-state index contributed by atoms with van der Waals surface area (Å²) in [6.45, 7) is 3.73. The van der Waals surface area contributed by atoms with Crippen LogP contribution in [0.15, 0.2) is 48.6 Å². The highest BCUT2D eigenvalue weighted by atomic mass is 31.2. The van der Waals surface area contributed by atoms with Gasteiger partial charge in [0.2, 0.25) is 0 Å². The summed E-state index contributed by atoms with van der Waals surface area (Å²) in [6, 6.07) is 0. The number of unbranched alkanes of at least 4 members (excludes halogenated alkanes) is 32. The minimum Gasteiger partial charge on any atom is -0.462 e. The van der Waals surface area contributed by atoms with Crippen molar-refractivity contribution in [3.63, 3.8) is 0 Å². The zero-order valence-electron chi connectivity index (χ0n) is 43.6. The lowest BCUT2D eigenvalue weighted by Gasteiger charge is -2.19. The standard InChI is InChI=1S/C57H106NO8P/c1-3-5-7-9-11-13-15-17-18-19-20-21-22-23-24-25-26-27-28-29-30-31-32-33-34-35-36-38-40-42-44-46-48-50-57(60)66-55(54-65-67(61,62)64-52-51-58)53-63-56(59)49-47-45-43-41-39-37-16-14-12-10-8-6-4-2/h14-17,19-20,22-23,55H,3-13,18,21,24-54,58H2,1-2H3,(H,61,62)/b16-14-,17-15-,20-19-,23-22-. The van der Waals surface area contributed by atoms with Crippen LogP contribution in [0.3, 0.4) is 0 Å². The molecule has 0 aliphatic heterocycles. The number of ether oxygens (including phenoxy) is 2. The average Bonchev–Trinajstić information content (AvgIpc) is 3.32. The van der Waals surface area contributed by atoms with E-state index in [-0.39, 0.29) is 38.6 Å². The third-order valence-corrected chi connectivity index (χ3v) is 13.2. The minimum atomic E-state index is -4.38. The van der Waals surface area contributed by atoms with Crippen molar-refractivity contribution in [1.29, 1.82) is 0 Å². The molecule has 0 radical (unpaired) electrons. The highest BCUT2D eigenvalue weighted by Crippen LogP contribution is 2.43. The lowest BCUT2D eigenvalue weighted by atomic mass is 10.0. The van der Waals surface area contributed by atoms with Gasteiger partial charge in [0.1, 0.15) is 6.61 Å². The molecule has 0 aromatic heterocycles. The summed E-state index contributed by atoms with van der Waals surface area (Å²) in [4.78, 5) is 35.0. The first-order chi connectivity index (χ1) is 32.8. The molecule has 0 aromatic carbocycles. The smallest absolute Gasteiger partial charge is 0.462 e. The monoisotopic (exact) mass is 964 g/mol. The maximum absolute atomic E-state index is 12.7. The second-order valence-corrected chi connectivity index (χ2v) is 20.3. The molecule has 0 aromatic rings. The Morgan fingerprint density at radius 1 is 0.448 bits per heavy atom. The highest BCUT2D eigenvalue weighted by Gasteiger charge is 2.26. The van der Waals surface area contributed by atoms with Gasteiger partial charge in [0.05, 0.1) is 13.2 Å². The third-order valence-electron chi connectivity index (χ3n) is 12.2. The predicted octanol–water partition coefficient (Wildman–Crippen LogP) is 17.4. The molecule has 67 heavy (non-hydrogen) atoms. The first-order valence-electron chi connectivity index (χ1n) is 28.1. The number of hydrogen-bond acceptors (Lipinski definition) is 8. The van der Waals surface area contributed by atoms with Crippen LogP contribution in [0.5, 0.6) is 0 Å². The predicted molar refractivity (Wildman–Crippen MR) is 284 cm³/mol. The molecule has 9 nitrogen and oxygen atoms in total. The lowest BCUT2D eigenvalue weighted by molar-refractivity contribution is -0.161. The maximum Gasteiger partial charge on any atom is 0.472 e. The molecule has 0 spiro atoms. The van der Waals surface area contributed by atoms with Crippen LogP contribution in [0.1, 0.15) is 271 Å². The molecule has 0 bridgehead atoms. The van der Waals surface area contributed by atoms with E-state index >= 15 is 0 Å². The summed E-state index contributed by atoms with van der Waals surface area (Å²) in [5, 5.41) is 0. The molecule has 0 aliphatic carbocycles. The summed E-state index contributed by atoms with van der Waals surface area (Å²) in [6.07, 6.45) is 64.6. The summed E-state index contributed by atoms with van der Waals surface area (Å²) in [7, 11) is -4.38. The van der Waals surface area contributed by atoms with Crippen LogP contribution >= 0.6 is 7.82 Å². The van der Waals surface area contributed by atoms with Crippen LogP contribution in [0.25, 0.3) is 0 Å². The van der Waals surface area contributed by atoms with E-state index in [2.05, 4.69) is 62.5 Å². The number of hydrogen-bond donors (Lipinski definition) is 2. The van der Waals surface area contributed by atoms with Gasteiger partial charge in [-0.1, -0.05) is 229 Å². The second kappa shape index (κ2) is 53.3. The summed E-state index contributed by atoms with van der Waals surface area (Å²) >= 11 is 0. The zero-order chi connectivity index (χ0) is 48.8. The Labute approximate surface area is 413 Å². The van der Waals surface area contributed by atoms with Crippen molar-refractivity contribution in [2.24, 2.45) is 5.73 Å². The van der Waals surface area contributed by atoms with Crippen LogP contribution in [0.4, 0.5) is 0 Å². The Kier molecular flexibility index (Phi) is 51.7. The molecule has 0 saturated carbocycles. The van der Waals surface area contributed by atoms with Crippen LogP contribution in [0.2, 0.25) is 0 Å². The van der Waals surface area contributed by atoms with Gasteiger partial charge in [0.15, 0.2) is 6.10 Å². The van der Waals surface area contributed by atoms with Crippen molar-refractivity contribution in [2.75, 3.05) is 26.4 Å². The van der Waals surface area contributed by atoms with Gasteiger partial charge in [-0.3, -0.25) is 18.6 Å². The molecule has 0 amide bonds. The molecule has 3 N–H and O–H groups in total. The highest BCUT2D eigenvalue weighted by molar-refractivity contribution is 7.47. The van der Waals surface area contributed by atoms with E-state index in [0.717, 1.165) is 64.2 Å². The van der Waals surface area contributed by atoms with E-state index in [1.54, 1.807) is 0 Å². The minimum absolute atomic E-state index is 0.0528. The van der Waals surface area contributed by atoms with Gasteiger partial charge >= 0.3 is 19.8 Å².